The number of sulfonamides is 1. The lowest BCUT2D eigenvalue weighted by molar-refractivity contribution is -0.147. The molecule has 0 bridgehead atoms. The van der Waals surface area contributed by atoms with Gasteiger partial charge in [-0.25, -0.2) is 8.42 Å². The highest BCUT2D eigenvalue weighted by Gasteiger charge is 2.34. The maximum absolute atomic E-state index is 12.8. The van der Waals surface area contributed by atoms with Crippen LogP contribution in [-0.2, 0) is 26.1 Å². The maximum Gasteiger partial charge on any atom is 0.324 e. The highest BCUT2D eigenvalue weighted by Crippen LogP contribution is 2.22. The molecule has 1 aromatic rings. The molecular weight excluding hydrogens is 344 g/mol. The third kappa shape index (κ3) is 5.74. The van der Waals surface area contributed by atoms with E-state index >= 15 is 0 Å². The summed E-state index contributed by atoms with van der Waals surface area (Å²) in [5.74, 6) is -0.430. The van der Waals surface area contributed by atoms with Gasteiger partial charge in [0.2, 0.25) is 10.0 Å². The number of carbonyl (C=O) groups excluding carboxylic acids is 1. The van der Waals surface area contributed by atoms with Gasteiger partial charge in [-0.1, -0.05) is 31.1 Å². The SMILES string of the molecule is CCOC(=O)[C@H](CC(C)C)N(C)S(=O)(=O)c1ccc(CN=[N+]=[N-])cc1. The molecule has 1 rings (SSSR count). The lowest BCUT2D eigenvalue weighted by Crippen LogP contribution is -2.44. The van der Waals surface area contributed by atoms with Gasteiger partial charge in [0.05, 0.1) is 18.0 Å². The van der Waals surface area contributed by atoms with E-state index in [1.54, 1.807) is 19.1 Å². The van der Waals surface area contributed by atoms with E-state index in [0.29, 0.717) is 12.0 Å². The summed E-state index contributed by atoms with van der Waals surface area (Å²) in [7, 11) is -2.47. The number of hydrogen-bond acceptors (Lipinski definition) is 5. The summed E-state index contributed by atoms with van der Waals surface area (Å²) in [6.45, 7) is 5.84. The highest BCUT2D eigenvalue weighted by molar-refractivity contribution is 7.89. The molecule has 0 N–H and O–H groups in total. The summed E-state index contributed by atoms with van der Waals surface area (Å²) in [5, 5.41) is 3.43. The average Bonchev–Trinajstić information content (AvgIpc) is 2.57. The Bertz CT molecular complexity index is 725. The Labute approximate surface area is 148 Å². The number of rotatable bonds is 9. The van der Waals surface area contributed by atoms with Crippen molar-refractivity contribution in [2.75, 3.05) is 13.7 Å². The number of carbonyl (C=O) groups is 1. The number of azide groups is 1. The first-order valence-corrected chi connectivity index (χ1v) is 9.42. The molecule has 0 heterocycles. The van der Waals surface area contributed by atoms with Crippen molar-refractivity contribution in [1.82, 2.24) is 4.31 Å². The van der Waals surface area contributed by atoms with E-state index in [4.69, 9.17) is 10.3 Å². The number of esters is 1. The summed E-state index contributed by atoms with van der Waals surface area (Å²) >= 11 is 0. The molecule has 0 saturated heterocycles. The molecule has 8 nitrogen and oxygen atoms in total. The minimum absolute atomic E-state index is 0.0674. The maximum atomic E-state index is 12.8. The van der Waals surface area contributed by atoms with Crippen molar-refractivity contribution < 1.29 is 17.9 Å². The zero-order chi connectivity index (χ0) is 19.0. The van der Waals surface area contributed by atoms with Gasteiger partial charge in [-0.2, -0.15) is 4.31 Å². The van der Waals surface area contributed by atoms with E-state index in [1.807, 2.05) is 13.8 Å². The molecular formula is C16H24N4O4S. The molecule has 138 valence electrons. The van der Waals surface area contributed by atoms with Crippen molar-refractivity contribution in [2.45, 2.75) is 44.7 Å². The standard InChI is InChI=1S/C16H24N4O4S/c1-5-24-16(21)15(10-12(2)3)20(4)25(22,23)14-8-6-13(7-9-14)11-18-19-17/h6-9,12,15H,5,10-11H2,1-4H3/t15-/m0/s1. The van der Waals surface area contributed by atoms with E-state index in [0.717, 1.165) is 4.31 Å². The summed E-state index contributed by atoms with van der Waals surface area (Å²) < 4.78 is 31.7. The average molecular weight is 368 g/mol. The molecule has 0 aliphatic rings. The molecule has 0 aliphatic carbocycles. The minimum atomic E-state index is -3.86. The zero-order valence-corrected chi connectivity index (χ0v) is 15.7. The van der Waals surface area contributed by atoms with Crippen molar-refractivity contribution in [3.05, 3.63) is 40.3 Å². The molecule has 1 aromatic carbocycles. The second kappa shape index (κ2) is 9.41. The van der Waals surface area contributed by atoms with Crippen molar-refractivity contribution >= 4 is 16.0 Å². The van der Waals surface area contributed by atoms with E-state index in [9.17, 15) is 13.2 Å². The van der Waals surface area contributed by atoms with Crippen LogP contribution in [0.25, 0.3) is 10.4 Å². The first-order chi connectivity index (χ1) is 11.7. The van der Waals surface area contributed by atoms with Crippen LogP contribution < -0.4 is 0 Å². The van der Waals surface area contributed by atoms with Gasteiger partial charge in [0, 0.05) is 12.0 Å². The molecule has 0 amide bonds. The van der Waals surface area contributed by atoms with Crippen LogP contribution in [0.3, 0.4) is 0 Å². The van der Waals surface area contributed by atoms with Gasteiger partial charge in [-0.05, 0) is 42.5 Å². The molecule has 0 aromatic heterocycles. The molecule has 0 radical (unpaired) electrons. The third-order valence-corrected chi connectivity index (χ3v) is 5.49. The fourth-order valence-corrected chi connectivity index (χ4v) is 3.61. The fraction of sp³-hybridized carbons (Fsp3) is 0.562. The zero-order valence-electron chi connectivity index (χ0n) is 14.9. The van der Waals surface area contributed by atoms with Gasteiger partial charge < -0.3 is 4.74 Å². The second-order valence-corrected chi connectivity index (χ2v) is 7.95. The molecule has 0 spiro atoms. The van der Waals surface area contributed by atoms with Crippen molar-refractivity contribution in [2.24, 2.45) is 11.0 Å². The van der Waals surface area contributed by atoms with Gasteiger partial charge in [0.1, 0.15) is 6.04 Å². The Morgan fingerprint density at radius 3 is 2.40 bits per heavy atom. The summed E-state index contributed by atoms with van der Waals surface area (Å²) in [4.78, 5) is 14.9. The normalized spacial score (nSPS) is 12.7. The molecule has 0 aliphatic heterocycles. The number of likely N-dealkylation sites (N-methyl/N-ethyl adjacent to an activating group) is 1. The van der Waals surface area contributed by atoms with Crippen molar-refractivity contribution in [3.63, 3.8) is 0 Å². The first-order valence-electron chi connectivity index (χ1n) is 7.98. The van der Waals surface area contributed by atoms with Crippen molar-refractivity contribution in [1.29, 1.82) is 0 Å². The third-order valence-electron chi connectivity index (χ3n) is 3.61. The molecule has 0 saturated carbocycles. The van der Waals surface area contributed by atoms with E-state index < -0.39 is 22.0 Å². The van der Waals surface area contributed by atoms with Crippen LogP contribution in [0.15, 0.2) is 34.3 Å². The van der Waals surface area contributed by atoms with Gasteiger partial charge in [0.15, 0.2) is 0 Å². The number of ether oxygens (including phenoxy) is 1. The molecule has 0 fully saturated rings. The largest absolute Gasteiger partial charge is 0.465 e. The minimum Gasteiger partial charge on any atom is -0.465 e. The quantitative estimate of drug-likeness (QED) is 0.288. The van der Waals surface area contributed by atoms with Crippen LogP contribution in [0.5, 0.6) is 0 Å². The van der Waals surface area contributed by atoms with Gasteiger partial charge >= 0.3 is 5.97 Å². The molecule has 25 heavy (non-hydrogen) atoms. The fourth-order valence-electron chi connectivity index (χ4n) is 2.29. The van der Waals surface area contributed by atoms with Crippen LogP contribution >= 0.6 is 0 Å². The molecule has 0 unspecified atom stereocenters. The van der Waals surface area contributed by atoms with Gasteiger partial charge in [0.25, 0.3) is 0 Å². The topological polar surface area (TPSA) is 112 Å². The Hall–Kier alpha value is -2.09. The van der Waals surface area contributed by atoms with Crippen LogP contribution in [-0.4, -0.2) is 38.4 Å². The summed E-state index contributed by atoms with van der Waals surface area (Å²) in [5.41, 5.74) is 9.02. The first kappa shape index (κ1) is 21.0. The molecule has 1 atom stereocenters. The van der Waals surface area contributed by atoms with Crippen LogP contribution in [0.1, 0.15) is 32.8 Å². The van der Waals surface area contributed by atoms with Crippen LogP contribution in [0.2, 0.25) is 0 Å². The Morgan fingerprint density at radius 1 is 1.32 bits per heavy atom. The highest BCUT2D eigenvalue weighted by atomic mass is 32.2. The monoisotopic (exact) mass is 368 g/mol. The summed E-state index contributed by atoms with van der Waals surface area (Å²) in [6, 6.07) is 5.15. The van der Waals surface area contributed by atoms with E-state index in [1.165, 1.54) is 19.2 Å². The van der Waals surface area contributed by atoms with E-state index in [2.05, 4.69) is 10.0 Å². The predicted molar refractivity (Wildman–Crippen MR) is 94.1 cm³/mol. The van der Waals surface area contributed by atoms with E-state index in [-0.39, 0.29) is 24.0 Å². The lowest BCUT2D eigenvalue weighted by Gasteiger charge is -2.27. The van der Waals surface area contributed by atoms with Crippen LogP contribution in [0, 0.1) is 5.92 Å². The number of hydrogen-bond donors (Lipinski definition) is 0. The van der Waals surface area contributed by atoms with Crippen LogP contribution in [0.4, 0.5) is 0 Å². The Kier molecular flexibility index (Phi) is 7.89. The predicted octanol–water partition coefficient (Wildman–Crippen LogP) is 3.10. The number of benzene rings is 1. The smallest absolute Gasteiger partial charge is 0.324 e. The Balaban J connectivity index is 3.10. The lowest BCUT2D eigenvalue weighted by atomic mass is 10.0. The Morgan fingerprint density at radius 2 is 1.92 bits per heavy atom. The number of nitrogens with zero attached hydrogens (tertiary/aromatic N) is 4. The second-order valence-electron chi connectivity index (χ2n) is 5.95. The van der Waals surface area contributed by atoms with Gasteiger partial charge in [-0.15, -0.1) is 0 Å². The van der Waals surface area contributed by atoms with Gasteiger partial charge in [-0.3, -0.25) is 4.79 Å². The summed E-state index contributed by atoms with van der Waals surface area (Å²) in [6.07, 6.45) is 0.365. The molecule has 9 heteroatoms. The van der Waals surface area contributed by atoms with Crippen molar-refractivity contribution in [3.8, 4) is 0 Å².